The van der Waals surface area contributed by atoms with Crippen LogP contribution in [0.2, 0.25) is 0 Å². The number of carbonyl (C=O) groups is 3. The number of amides is 3. The van der Waals surface area contributed by atoms with Crippen molar-refractivity contribution in [3.8, 4) is 0 Å². The predicted molar refractivity (Wildman–Crippen MR) is 103 cm³/mol. The zero-order valence-electron chi connectivity index (χ0n) is 14.9. The van der Waals surface area contributed by atoms with E-state index < -0.39 is 18.5 Å². The van der Waals surface area contributed by atoms with Gasteiger partial charge in [0.05, 0.1) is 6.21 Å². The molecule has 9 nitrogen and oxygen atoms in total. The van der Waals surface area contributed by atoms with Gasteiger partial charge in [0.15, 0.2) is 0 Å². The Morgan fingerprint density at radius 3 is 2.64 bits per heavy atom. The molecule has 0 fully saturated rings. The van der Waals surface area contributed by atoms with E-state index in [1.54, 1.807) is 42.5 Å². The van der Waals surface area contributed by atoms with Crippen molar-refractivity contribution in [2.45, 2.75) is 13.1 Å². The predicted octanol–water partition coefficient (Wildman–Crippen LogP) is 1.34. The van der Waals surface area contributed by atoms with Gasteiger partial charge in [-0.05, 0) is 41.0 Å². The van der Waals surface area contributed by atoms with Crippen molar-refractivity contribution in [2.24, 2.45) is 10.9 Å². The quantitative estimate of drug-likeness (QED) is 0.352. The highest BCUT2D eigenvalue weighted by atomic mass is 16.4. The Balaban J connectivity index is 1.76. The van der Waals surface area contributed by atoms with Crippen molar-refractivity contribution in [3.05, 3.63) is 64.7 Å². The van der Waals surface area contributed by atoms with Gasteiger partial charge in [-0.15, -0.1) is 0 Å². The van der Waals surface area contributed by atoms with Gasteiger partial charge in [-0.1, -0.05) is 18.2 Å². The summed E-state index contributed by atoms with van der Waals surface area (Å²) in [5.41, 5.74) is 3.44. The minimum absolute atomic E-state index is 0.143. The fraction of sp³-hybridized carbons (Fsp3) is 0.158. The highest BCUT2D eigenvalue weighted by molar-refractivity contribution is 6.04. The van der Waals surface area contributed by atoms with Crippen LogP contribution in [-0.4, -0.2) is 40.7 Å². The molecule has 2 aromatic carbocycles. The van der Waals surface area contributed by atoms with Crippen molar-refractivity contribution in [3.63, 3.8) is 0 Å². The Kier molecular flexibility index (Phi) is 5.54. The molecule has 0 saturated carbocycles. The second kappa shape index (κ2) is 8.21. The third-order valence-electron chi connectivity index (χ3n) is 4.27. The fourth-order valence-corrected chi connectivity index (χ4v) is 2.88. The first-order chi connectivity index (χ1) is 13.5. The third-order valence-corrected chi connectivity index (χ3v) is 4.27. The lowest BCUT2D eigenvalue weighted by atomic mass is 10.1. The Labute approximate surface area is 160 Å². The first-order valence-corrected chi connectivity index (χ1v) is 8.47. The summed E-state index contributed by atoms with van der Waals surface area (Å²) < 4.78 is 0. The number of nitrogens with zero attached hydrogens (tertiary/aromatic N) is 2. The smallest absolute Gasteiger partial charge is 0.323 e. The summed E-state index contributed by atoms with van der Waals surface area (Å²) in [4.78, 5) is 36.6. The second-order valence-electron chi connectivity index (χ2n) is 6.25. The van der Waals surface area contributed by atoms with Crippen LogP contribution in [-0.2, 0) is 17.9 Å². The van der Waals surface area contributed by atoms with Gasteiger partial charge in [-0.3, -0.25) is 9.59 Å². The summed E-state index contributed by atoms with van der Waals surface area (Å²) in [5.74, 6) is 3.72. The number of nitrogens with one attached hydrogen (secondary N) is 2. The summed E-state index contributed by atoms with van der Waals surface area (Å²) in [6.45, 7) is 0.0350. The van der Waals surface area contributed by atoms with E-state index >= 15 is 0 Å². The number of hydrazone groups is 1. The van der Waals surface area contributed by atoms with Gasteiger partial charge in [0.1, 0.15) is 6.54 Å². The van der Waals surface area contributed by atoms with Gasteiger partial charge in [-0.25, -0.2) is 4.79 Å². The number of carboxylic acids is 1. The van der Waals surface area contributed by atoms with Crippen molar-refractivity contribution in [2.75, 3.05) is 11.9 Å². The number of carboxylic acid groups (broad SMARTS) is 1. The van der Waals surface area contributed by atoms with E-state index in [-0.39, 0.29) is 12.5 Å². The SMILES string of the molecule is NN=Cc1ccc(C(=O)Nc2ccc3c(c2)CN(CC(=O)O)C(=O)NC3)cc1. The molecule has 0 saturated heterocycles. The van der Waals surface area contributed by atoms with E-state index in [4.69, 9.17) is 10.9 Å². The van der Waals surface area contributed by atoms with Crippen LogP contribution in [0.25, 0.3) is 0 Å². The van der Waals surface area contributed by atoms with Crippen molar-refractivity contribution in [1.82, 2.24) is 10.2 Å². The largest absolute Gasteiger partial charge is 0.480 e. The molecule has 0 unspecified atom stereocenters. The Morgan fingerprint density at radius 1 is 1.21 bits per heavy atom. The first-order valence-electron chi connectivity index (χ1n) is 8.47. The van der Waals surface area contributed by atoms with Crippen molar-refractivity contribution < 1.29 is 19.5 Å². The molecule has 1 heterocycles. The standard InChI is InChI=1S/C19H19N5O4/c20-22-8-12-1-3-13(4-2-12)18(27)23-16-6-5-14-9-21-19(28)24(11-17(25)26)10-15(14)7-16/h1-8H,9-11,20H2,(H,21,28)(H,23,27)(H,25,26). The highest BCUT2D eigenvalue weighted by Gasteiger charge is 2.22. The van der Waals surface area contributed by atoms with Crippen LogP contribution < -0.4 is 16.5 Å². The van der Waals surface area contributed by atoms with Crippen LogP contribution in [0, 0.1) is 0 Å². The Morgan fingerprint density at radius 2 is 1.96 bits per heavy atom. The maximum absolute atomic E-state index is 12.5. The lowest BCUT2D eigenvalue weighted by Crippen LogP contribution is -2.39. The molecule has 0 aromatic heterocycles. The number of fused-ring (bicyclic) bond motifs is 1. The molecule has 28 heavy (non-hydrogen) atoms. The zero-order chi connectivity index (χ0) is 20.1. The summed E-state index contributed by atoms with van der Waals surface area (Å²) >= 11 is 0. The van der Waals surface area contributed by atoms with Crippen LogP contribution in [0.5, 0.6) is 0 Å². The summed E-state index contributed by atoms with van der Waals surface area (Å²) in [5, 5.41) is 17.9. The van der Waals surface area contributed by atoms with E-state index in [1.165, 1.54) is 11.1 Å². The van der Waals surface area contributed by atoms with E-state index in [2.05, 4.69) is 15.7 Å². The number of carbonyl (C=O) groups excluding carboxylic acids is 2. The molecule has 9 heteroatoms. The number of aliphatic carboxylic acids is 1. The molecule has 3 rings (SSSR count). The number of hydrogen-bond donors (Lipinski definition) is 4. The lowest BCUT2D eigenvalue weighted by molar-refractivity contribution is -0.137. The third kappa shape index (κ3) is 4.44. The van der Waals surface area contributed by atoms with Crippen molar-refractivity contribution >= 4 is 29.8 Å². The molecule has 2 aromatic rings. The average Bonchev–Trinajstić information content (AvgIpc) is 2.81. The molecule has 0 atom stereocenters. The van der Waals surface area contributed by atoms with Gasteiger partial charge >= 0.3 is 12.0 Å². The molecule has 0 spiro atoms. The number of benzene rings is 2. The molecular formula is C19H19N5O4. The van der Waals surface area contributed by atoms with Gasteiger partial charge in [0.2, 0.25) is 0 Å². The second-order valence-corrected chi connectivity index (χ2v) is 6.25. The fourth-order valence-electron chi connectivity index (χ4n) is 2.88. The number of anilines is 1. The van der Waals surface area contributed by atoms with Gasteiger partial charge in [0, 0.05) is 24.3 Å². The van der Waals surface area contributed by atoms with E-state index in [1.807, 2.05) is 0 Å². The zero-order valence-corrected chi connectivity index (χ0v) is 14.9. The van der Waals surface area contributed by atoms with E-state index in [0.29, 0.717) is 17.8 Å². The van der Waals surface area contributed by atoms with E-state index in [0.717, 1.165) is 16.7 Å². The molecule has 144 valence electrons. The van der Waals surface area contributed by atoms with Crippen LogP contribution >= 0.6 is 0 Å². The van der Waals surface area contributed by atoms with Crippen molar-refractivity contribution in [1.29, 1.82) is 0 Å². The van der Waals surface area contributed by atoms with Crippen LogP contribution in [0.1, 0.15) is 27.0 Å². The van der Waals surface area contributed by atoms with Crippen LogP contribution in [0.4, 0.5) is 10.5 Å². The lowest BCUT2D eigenvalue weighted by Gasteiger charge is -2.18. The van der Waals surface area contributed by atoms with Crippen LogP contribution in [0.15, 0.2) is 47.6 Å². The monoisotopic (exact) mass is 381 g/mol. The average molecular weight is 381 g/mol. The highest BCUT2D eigenvalue weighted by Crippen LogP contribution is 2.21. The summed E-state index contributed by atoms with van der Waals surface area (Å²) in [7, 11) is 0. The normalized spacial score (nSPS) is 13.6. The molecule has 0 bridgehead atoms. The number of urea groups is 1. The minimum atomic E-state index is -1.09. The van der Waals surface area contributed by atoms with Gasteiger partial charge in [-0.2, -0.15) is 5.10 Å². The molecule has 3 amide bonds. The molecular weight excluding hydrogens is 362 g/mol. The number of rotatable bonds is 5. The molecule has 5 N–H and O–H groups in total. The van der Waals surface area contributed by atoms with Gasteiger partial charge < -0.3 is 26.5 Å². The minimum Gasteiger partial charge on any atom is -0.480 e. The molecule has 1 aliphatic rings. The van der Waals surface area contributed by atoms with Crippen LogP contribution in [0.3, 0.4) is 0 Å². The number of hydrogen-bond acceptors (Lipinski definition) is 5. The molecule has 0 aliphatic carbocycles. The topological polar surface area (TPSA) is 137 Å². The summed E-state index contributed by atoms with van der Waals surface area (Å²) in [6.07, 6.45) is 1.48. The molecule has 0 radical (unpaired) electrons. The first kappa shape index (κ1) is 18.9. The number of nitrogens with two attached hydrogens (primary N) is 1. The maximum Gasteiger partial charge on any atom is 0.323 e. The molecule has 1 aliphatic heterocycles. The Bertz CT molecular complexity index is 940. The maximum atomic E-state index is 12.5. The van der Waals surface area contributed by atoms with E-state index in [9.17, 15) is 14.4 Å². The Hall–Kier alpha value is -3.88. The summed E-state index contributed by atoms with van der Waals surface area (Å²) in [6, 6.07) is 11.6. The van der Waals surface area contributed by atoms with Gasteiger partial charge in [0.25, 0.3) is 5.91 Å².